The zero-order valence-corrected chi connectivity index (χ0v) is 88.0. The average molecular weight is 1670 g/mol. The topological polar surface area (TPSA) is 211 Å². The van der Waals surface area contributed by atoms with Gasteiger partial charge in [0.05, 0.1) is 5.92 Å². The van der Waals surface area contributed by atoms with E-state index >= 15 is 0 Å². The number of hydrogen-bond donors (Lipinski definition) is 0. The lowest BCUT2D eigenvalue weighted by Gasteiger charge is -2.45. The van der Waals surface area contributed by atoms with Crippen molar-refractivity contribution in [2.75, 3.05) is 6.23 Å². The lowest BCUT2D eigenvalue weighted by atomic mass is 10.1. The summed E-state index contributed by atoms with van der Waals surface area (Å²) in [5.41, 5.74) is 0. The molecule has 0 saturated heterocycles. The van der Waals surface area contributed by atoms with E-state index in [0.29, 0.717) is 0 Å². The molecule has 0 radical (unpaired) electrons. The van der Waals surface area contributed by atoms with Gasteiger partial charge in [-0.15, -0.1) is 0 Å². The van der Waals surface area contributed by atoms with E-state index in [4.69, 9.17) is 87.0 Å². The average Bonchev–Trinajstić information content (AvgIpc) is 0.816. The number of hydrogen-bond acceptors (Lipinski definition) is 22. The van der Waals surface area contributed by atoms with E-state index in [0.717, 1.165) is 6.42 Å². The van der Waals surface area contributed by atoms with Gasteiger partial charge < -0.3 is 87.0 Å². The molecule has 0 amide bonds. The van der Waals surface area contributed by atoms with Crippen LogP contribution in [0.3, 0.4) is 0 Å². The minimum atomic E-state index is -2.89. The molecule has 0 bridgehead atoms. The fourth-order valence-corrected chi connectivity index (χ4v) is 121. The van der Waals surface area contributed by atoms with Gasteiger partial charge in [0.2, 0.25) is 8.32 Å². The molecule has 0 spiro atoms. The Hall–Kier alpha value is 3.22. The quantitative estimate of drug-likeness (QED) is 0.0410. The molecule has 1 unspecified atom stereocenters. The van der Waals surface area contributed by atoms with E-state index in [1.165, 1.54) is 0 Å². The molecule has 0 fully saturated rings. The third-order valence-electron chi connectivity index (χ3n) is 11.5. The summed E-state index contributed by atoms with van der Waals surface area (Å²) in [6, 6.07) is 0. The lowest BCUT2D eigenvalue weighted by Crippen LogP contribution is -2.63. The third-order valence-corrected chi connectivity index (χ3v) is 91.7. The predicted molar refractivity (Wildman–Crippen MR) is 425 cm³/mol. The van der Waals surface area contributed by atoms with Crippen molar-refractivity contribution in [3.63, 3.8) is 0 Å². The first-order valence-corrected chi connectivity index (χ1v) is 92.7. The molecule has 0 saturated carbocycles. The highest BCUT2D eigenvalue weighted by molar-refractivity contribution is 6.96. The first-order valence-electron chi connectivity index (χ1n) is 32.7. The van der Waals surface area contributed by atoms with Crippen molar-refractivity contribution >= 4 is 185 Å². The molecule has 0 aromatic heterocycles. The standard InChI is InChI=1S/C49H140O22Si21/c1-46-48(2)49(50)51-47-73(6,7)53-75(10,11)55-77(14,15)57-79(18,19)59-81(22,23)61-83(26,27)63-85(30,31)65-87(34,35)67-89(38,39)69-91(42,43)71-92(44,45)70-90(40,41)68-88(36,37)66-86(32,33)64-84(28,29)62-82(24,25)60-80(20,21)58-78(16,17)56-76(12,13)54-74(8,9)52-72(3,4)5/h48H,46-47H2,1-45H3. The second kappa shape index (κ2) is 32.7. The molecule has 0 N–H and O–H groups in total. The third kappa shape index (κ3) is 43.4. The molecule has 0 aliphatic heterocycles. The molecular formula is C49H140O22Si21. The fraction of sp³-hybridized carbons (Fsp3) is 0.980. The van der Waals surface area contributed by atoms with Crippen LogP contribution in [0.1, 0.15) is 20.3 Å². The summed E-state index contributed by atoms with van der Waals surface area (Å²) >= 11 is 0. The van der Waals surface area contributed by atoms with Crippen LogP contribution in [-0.2, 0) is 91.8 Å². The molecule has 0 aromatic carbocycles. The Balaban J connectivity index is 5.85. The van der Waals surface area contributed by atoms with Gasteiger partial charge in [-0.2, -0.15) is 0 Å². The summed E-state index contributed by atoms with van der Waals surface area (Å²) in [5, 5.41) is 0. The van der Waals surface area contributed by atoms with Gasteiger partial charge >= 0.3 is 169 Å². The highest BCUT2D eigenvalue weighted by atomic mass is 28.6. The molecule has 0 aromatic rings. The Bertz CT molecular complexity index is 2350. The van der Waals surface area contributed by atoms with Gasteiger partial charge in [-0.3, -0.25) is 4.79 Å². The Morgan fingerprint density at radius 3 is 0.457 bits per heavy atom. The minimum absolute atomic E-state index is 0.149. The minimum Gasteiger partial charge on any atom is -0.466 e. The SMILES string of the molecule is CCC(C)C(=O)OC[Si](C)(C)O[Si](C)(C)O[Si](C)(C)O[Si](C)(C)O[Si](C)(C)O[Si](C)(C)O[Si](C)(C)O[Si](C)(C)O[Si](C)(C)O[Si](C)(C)O[Si](C)(C)O[Si](C)(C)O[Si](C)(C)O[Si](C)(C)O[Si](C)(C)O[Si](C)(C)O[Si](C)(C)O[Si](C)(C)O[Si](C)(C)O[Si](C)(C)O[Si](C)(C)C. The molecule has 0 aliphatic rings. The Morgan fingerprint density at radius 1 is 0.217 bits per heavy atom. The van der Waals surface area contributed by atoms with Crippen LogP contribution >= 0.6 is 0 Å². The van der Waals surface area contributed by atoms with E-state index < -0.39 is 179 Å². The van der Waals surface area contributed by atoms with Gasteiger partial charge in [0.25, 0.3) is 0 Å². The zero-order valence-electron chi connectivity index (χ0n) is 67.0. The normalized spacial score (nSPS) is 16.2. The first-order chi connectivity index (χ1) is 39.5. The van der Waals surface area contributed by atoms with Crippen LogP contribution in [0.4, 0.5) is 0 Å². The summed E-state index contributed by atoms with van der Waals surface area (Å²) in [6.07, 6.45) is 0.999. The Labute approximate surface area is 586 Å². The summed E-state index contributed by atoms with van der Waals surface area (Å²) in [4.78, 5) is 12.4. The van der Waals surface area contributed by atoms with Crippen molar-refractivity contribution in [2.24, 2.45) is 5.92 Å². The van der Waals surface area contributed by atoms with Crippen molar-refractivity contribution < 1.29 is 91.8 Å². The van der Waals surface area contributed by atoms with Crippen LogP contribution < -0.4 is 0 Å². The smallest absolute Gasteiger partial charge is 0.314 e. The van der Waals surface area contributed by atoms with Crippen molar-refractivity contribution in [3.05, 3.63) is 0 Å². The summed E-state index contributed by atoms with van der Waals surface area (Å²) in [7, 11) is -57.5. The molecule has 552 valence electrons. The molecule has 43 heteroatoms. The molecule has 92 heavy (non-hydrogen) atoms. The van der Waals surface area contributed by atoms with Crippen molar-refractivity contribution in [2.45, 2.75) is 302 Å². The van der Waals surface area contributed by atoms with Crippen molar-refractivity contribution in [1.82, 2.24) is 0 Å². The molecule has 1 atom stereocenters. The van der Waals surface area contributed by atoms with Crippen LogP contribution in [0.5, 0.6) is 0 Å². The lowest BCUT2D eigenvalue weighted by molar-refractivity contribution is -0.146. The van der Waals surface area contributed by atoms with Crippen LogP contribution in [-0.4, -0.2) is 191 Å². The summed E-state index contributed by atoms with van der Waals surface area (Å²) in [5.74, 6) is -0.345. The fourth-order valence-electron chi connectivity index (χ4n) is 13.0. The van der Waals surface area contributed by atoms with Gasteiger partial charge in [-0.1, -0.05) is 13.8 Å². The van der Waals surface area contributed by atoms with Gasteiger partial charge in [-0.25, -0.2) is 0 Å². The van der Waals surface area contributed by atoms with Gasteiger partial charge in [0.1, 0.15) is 6.23 Å². The predicted octanol–water partition coefficient (Wildman–Crippen LogP) is 16.8. The Morgan fingerprint density at radius 2 is 0.337 bits per heavy atom. The van der Waals surface area contributed by atoms with Gasteiger partial charge in [-0.05, 0) is 288 Å². The highest BCUT2D eigenvalue weighted by Crippen LogP contribution is 2.35. The number of rotatable bonds is 44. The number of esters is 1. The summed E-state index contributed by atoms with van der Waals surface area (Å²) < 4.78 is 143. The van der Waals surface area contributed by atoms with Crippen molar-refractivity contribution in [1.29, 1.82) is 0 Å². The van der Waals surface area contributed by atoms with Gasteiger partial charge in [0, 0.05) is 0 Å². The van der Waals surface area contributed by atoms with E-state index in [9.17, 15) is 4.79 Å². The monoisotopic (exact) mass is 1670 g/mol. The molecule has 22 nitrogen and oxygen atoms in total. The van der Waals surface area contributed by atoms with E-state index in [1.54, 1.807) is 0 Å². The molecule has 0 aliphatic carbocycles. The van der Waals surface area contributed by atoms with Gasteiger partial charge in [0.15, 0.2) is 8.32 Å². The second-order valence-electron chi connectivity index (χ2n) is 34.4. The first kappa shape index (κ1) is 95.2. The summed E-state index contributed by atoms with van der Waals surface area (Å²) in [6.45, 7) is 92.5. The van der Waals surface area contributed by atoms with Crippen LogP contribution in [0.25, 0.3) is 0 Å². The van der Waals surface area contributed by atoms with E-state index in [1.807, 2.05) is 132 Å². The van der Waals surface area contributed by atoms with E-state index in [2.05, 4.69) is 164 Å². The largest absolute Gasteiger partial charge is 0.466 e. The molecule has 0 heterocycles. The van der Waals surface area contributed by atoms with Crippen LogP contribution in [0.15, 0.2) is 0 Å². The highest BCUT2D eigenvalue weighted by Gasteiger charge is 2.55. The molecule has 0 rings (SSSR count). The zero-order chi connectivity index (χ0) is 73.9. The van der Waals surface area contributed by atoms with Crippen molar-refractivity contribution in [3.8, 4) is 0 Å². The number of ether oxygens (including phenoxy) is 1. The maximum absolute atomic E-state index is 12.4. The maximum atomic E-state index is 12.4. The number of carbonyl (C=O) groups is 1. The maximum Gasteiger partial charge on any atom is 0.314 e. The number of carbonyl (C=O) groups excluding carboxylic acids is 1. The van der Waals surface area contributed by atoms with Crippen LogP contribution in [0.2, 0.25) is 282 Å². The molecular weight excluding hydrogens is 1530 g/mol. The van der Waals surface area contributed by atoms with E-state index in [-0.39, 0.29) is 18.1 Å². The second-order valence-corrected chi connectivity index (χ2v) is 112. The Kier molecular flexibility index (Phi) is 33.9. The van der Waals surface area contributed by atoms with Crippen LogP contribution in [0, 0.1) is 5.92 Å².